The van der Waals surface area contributed by atoms with E-state index < -0.39 is 0 Å². The van der Waals surface area contributed by atoms with Crippen LogP contribution in [0.2, 0.25) is 0 Å². The number of rotatable bonds is 6. The Kier molecular flexibility index (Phi) is 5.16. The van der Waals surface area contributed by atoms with Crippen molar-refractivity contribution in [3.05, 3.63) is 47.3 Å². The van der Waals surface area contributed by atoms with E-state index in [1.165, 1.54) is 11.8 Å². The van der Waals surface area contributed by atoms with E-state index in [2.05, 4.69) is 16.9 Å². The number of thioether (sulfide) groups is 1. The first-order valence-electron chi connectivity index (χ1n) is 6.67. The van der Waals surface area contributed by atoms with Gasteiger partial charge in [0.25, 0.3) is 5.56 Å². The second-order valence-corrected chi connectivity index (χ2v) is 5.30. The molecule has 110 valence electrons. The lowest BCUT2D eigenvalue weighted by Gasteiger charge is -2.11. The van der Waals surface area contributed by atoms with E-state index in [0.717, 1.165) is 0 Å². The minimum absolute atomic E-state index is 0.0740. The van der Waals surface area contributed by atoms with Crippen LogP contribution in [0.4, 0.5) is 0 Å². The van der Waals surface area contributed by atoms with Gasteiger partial charge in [0.15, 0.2) is 5.16 Å². The van der Waals surface area contributed by atoms with Crippen molar-refractivity contribution < 1.29 is 4.79 Å². The zero-order chi connectivity index (χ0) is 15.2. The van der Waals surface area contributed by atoms with Crippen LogP contribution in [0.3, 0.4) is 0 Å². The Morgan fingerprint density at radius 1 is 1.48 bits per heavy atom. The monoisotopic (exact) mass is 303 g/mol. The van der Waals surface area contributed by atoms with Gasteiger partial charge in [-0.15, -0.1) is 6.58 Å². The molecule has 0 fully saturated rings. The molecule has 0 bridgehead atoms. The number of nitrogens with zero attached hydrogens (tertiary/aromatic N) is 2. The number of hydrogen-bond acceptors (Lipinski definition) is 4. The predicted molar refractivity (Wildman–Crippen MR) is 85.6 cm³/mol. The summed E-state index contributed by atoms with van der Waals surface area (Å²) >= 11 is 1.26. The van der Waals surface area contributed by atoms with Crippen LogP contribution >= 0.6 is 11.8 Å². The fourth-order valence-electron chi connectivity index (χ4n) is 1.93. The second kappa shape index (κ2) is 7.08. The molecule has 0 aliphatic carbocycles. The largest absolute Gasteiger partial charge is 0.356 e. The van der Waals surface area contributed by atoms with Gasteiger partial charge in [0.05, 0.1) is 16.7 Å². The molecule has 1 heterocycles. The van der Waals surface area contributed by atoms with Gasteiger partial charge in [-0.1, -0.05) is 30.0 Å². The van der Waals surface area contributed by atoms with Gasteiger partial charge >= 0.3 is 0 Å². The SMILES string of the molecule is C=CCn1c(SCC(=O)NCC)nc2ccccc2c1=O. The van der Waals surface area contributed by atoms with Gasteiger partial charge in [-0.05, 0) is 19.1 Å². The Morgan fingerprint density at radius 3 is 2.95 bits per heavy atom. The molecule has 0 saturated carbocycles. The zero-order valence-electron chi connectivity index (χ0n) is 11.8. The molecule has 21 heavy (non-hydrogen) atoms. The van der Waals surface area contributed by atoms with Gasteiger partial charge in [-0.25, -0.2) is 4.98 Å². The third kappa shape index (κ3) is 3.52. The van der Waals surface area contributed by atoms with E-state index in [1.807, 2.05) is 19.1 Å². The van der Waals surface area contributed by atoms with E-state index in [-0.39, 0.29) is 17.2 Å². The number of carbonyl (C=O) groups excluding carboxylic acids is 1. The van der Waals surface area contributed by atoms with Crippen LogP contribution in [0.15, 0.2) is 46.9 Å². The van der Waals surface area contributed by atoms with E-state index in [4.69, 9.17) is 0 Å². The Morgan fingerprint density at radius 2 is 2.24 bits per heavy atom. The van der Waals surface area contributed by atoms with Crippen molar-refractivity contribution in [3.63, 3.8) is 0 Å². The van der Waals surface area contributed by atoms with Crippen LogP contribution in [0.1, 0.15) is 6.92 Å². The minimum Gasteiger partial charge on any atom is -0.356 e. The highest BCUT2D eigenvalue weighted by molar-refractivity contribution is 7.99. The summed E-state index contributed by atoms with van der Waals surface area (Å²) in [4.78, 5) is 28.5. The molecule has 1 N–H and O–H groups in total. The van der Waals surface area contributed by atoms with E-state index in [1.54, 1.807) is 22.8 Å². The molecular weight excluding hydrogens is 286 g/mol. The highest BCUT2D eigenvalue weighted by Crippen LogP contribution is 2.17. The van der Waals surface area contributed by atoms with Crippen molar-refractivity contribution in [3.8, 4) is 0 Å². The van der Waals surface area contributed by atoms with Gasteiger partial charge in [0.1, 0.15) is 0 Å². The predicted octanol–water partition coefficient (Wildman–Crippen LogP) is 1.81. The summed E-state index contributed by atoms with van der Waals surface area (Å²) in [5.41, 5.74) is 0.528. The number of carbonyl (C=O) groups is 1. The maximum atomic E-state index is 12.5. The van der Waals surface area contributed by atoms with Crippen LogP contribution in [0.5, 0.6) is 0 Å². The molecule has 2 aromatic rings. The number of allylic oxidation sites excluding steroid dienone is 1. The van der Waals surface area contributed by atoms with Crippen molar-refractivity contribution in [2.24, 2.45) is 0 Å². The van der Waals surface area contributed by atoms with Crippen LogP contribution in [0.25, 0.3) is 10.9 Å². The highest BCUT2D eigenvalue weighted by Gasteiger charge is 2.11. The molecule has 2 rings (SSSR count). The van der Waals surface area contributed by atoms with Gasteiger partial charge in [0.2, 0.25) is 5.91 Å². The van der Waals surface area contributed by atoms with Crippen LogP contribution in [-0.2, 0) is 11.3 Å². The maximum absolute atomic E-state index is 12.5. The highest BCUT2D eigenvalue weighted by atomic mass is 32.2. The van der Waals surface area contributed by atoms with Crippen molar-refractivity contribution in [2.45, 2.75) is 18.6 Å². The summed E-state index contributed by atoms with van der Waals surface area (Å²) in [5.74, 6) is 0.158. The normalized spacial score (nSPS) is 10.5. The zero-order valence-corrected chi connectivity index (χ0v) is 12.7. The number of amides is 1. The maximum Gasteiger partial charge on any atom is 0.262 e. The van der Waals surface area contributed by atoms with Gasteiger partial charge in [0, 0.05) is 13.1 Å². The van der Waals surface area contributed by atoms with Crippen LogP contribution in [-0.4, -0.2) is 27.8 Å². The molecule has 1 amide bonds. The second-order valence-electron chi connectivity index (χ2n) is 4.36. The standard InChI is InChI=1S/C15H17N3O2S/c1-3-9-18-14(20)11-7-5-6-8-12(11)17-15(18)21-10-13(19)16-4-2/h3,5-8H,1,4,9-10H2,2H3,(H,16,19). The molecule has 1 aromatic heterocycles. The fourth-order valence-corrected chi connectivity index (χ4v) is 2.76. The lowest BCUT2D eigenvalue weighted by atomic mass is 10.2. The number of hydrogen-bond donors (Lipinski definition) is 1. The van der Waals surface area contributed by atoms with Gasteiger partial charge < -0.3 is 5.32 Å². The molecule has 0 atom stereocenters. The molecule has 5 nitrogen and oxygen atoms in total. The van der Waals surface area contributed by atoms with E-state index >= 15 is 0 Å². The molecule has 0 aliphatic rings. The number of benzene rings is 1. The quantitative estimate of drug-likeness (QED) is 0.502. The van der Waals surface area contributed by atoms with Crippen LogP contribution in [0, 0.1) is 0 Å². The van der Waals surface area contributed by atoms with Gasteiger partial charge in [-0.2, -0.15) is 0 Å². The van der Waals surface area contributed by atoms with Crippen molar-refractivity contribution in [1.82, 2.24) is 14.9 Å². The first-order valence-corrected chi connectivity index (χ1v) is 7.66. The first kappa shape index (κ1) is 15.3. The Labute approximate surface area is 127 Å². The van der Waals surface area contributed by atoms with Gasteiger partial charge in [-0.3, -0.25) is 14.2 Å². The fraction of sp³-hybridized carbons (Fsp3) is 0.267. The average molecular weight is 303 g/mol. The number of para-hydroxylation sites is 1. The average Bonchev–Trinajstić information content (AvgIpc) is 2.49. The molecule has 1 aromatic carbocycles. The molecule has 0 spiro atoms. The Balaban J connectivity index is 2.40. The molecule has 0 saturated heterocycles. The summed E-state index contributed by atoms with van der Waals surface area (Å²) in [5, 5.41) is 3.83. The molecule has 0 aliphatic heterocycles. The summed E-state index contributed by atoms with van der Waals surface area (Å²) in [6.45, 7) is 6.49. The van der Waals surface area contributed by atoms with Crippen molar-refractivity contribution in [1.29, 1.82) is 0 Å². The number of nitrogens with one attached hydrogen (secondary N) is 1. The Hall–Kier alpha value is -2.08. The van der Waals surface area contributed by atoms with Crippen molar-refractivity contribution >= 4 is 28.6 Å². The summed E-state index contributed by atoms with van der Waals surface area (Å²) in [7, 11) is 0. The van der Waals surface area contributed by atoms with E-state index in [9.17, 15) is 9.59 Å². The third-order valence-corrected chi connectivity index (χ3v) is 3.82. The summed E-state index contributed by atoms with van der Waals surface area (Å²) in [6.07, 6.45) is 1.65. The third-order valence-electron chi connectivity index (χ3n) is 2.84. The van der Waals surface area contributed by atoms with E-state index in [0.29, 0.717) is 29.1 Å². The smallest absolute Gasteiger partial charge is 0.262 e. The lowest BCUT2D eigenvalue weighted by molar-refractivity contribution is -0.118. The summed E-state index contributed by atoms with van der Waals surface area (Å²) in [6, 6.07) is 7.20. The van der Waals surface area contributed by atoms with Crippen molar-refractivity contribution in [2.75, 3.05) is 12.3 Å². The molecule has 6 heteroatoms. The number of aromatic nitrogens is 2. The lowest BCUT2D eigenvalue weighted by Crippen LogP contribution is -2.26. The summed E-state index contributed by atoms with van der Waals surface area (Å²) < 4.78 is 1.54. The first-order chi connectivity index (χ1) is 10.2. The minimum atomic E-state index is -0.112. The molecular formula is C15H17N3O2S. The Bertz CT molecular complexity index is 724. The van der Waals surface area contributed by atoms with Crippen LogP contribution < -0.4 is 10.9 Å². The topological polar surface area (TPSA) is 64.0 Å². The number of fused-ring (bicyclic) bond motifs is 1. The molecule has 0 unspecified atom stereocenters. The molecule has 0 radical (unpaired) electrons.